The number of hydrogen-bond acceptors (Lipinski definition) is 4. The summed E-state index contributed by atoms with van der Waals surface area (Å²) in [5.74, 6) is 0. The molecule has 0 atom stereocenters. The molecule has 0 aliphatic heterocycles. The molecule has 0 saturated carbocycles. The van der Waals surface area contributed by atoms with E-state index in [2.05, 4.69) is 11.9 Å². The highest BCUT2D eigenvalue weighted by Crippen LogP contribution is 1.78. The molecule has 11 heavy (non-hydrogen) atoms. The topological polar surface area (TPSA) is 61.5 Å². The molecule has 0 heterocycles. The van der Waals surface area contributed by atoms with Gasteiger partial charge >= 0.3 is 0 Å². The third-order valence-corrected chi connectivity index (χ3v) is 1.21. The molecular formula is C7H17N3O. The quantitative estimate of drug-likeness (QED) is 0.264. The van der Waals surface area contributed by atoms with Crippen LogP contribution in [-0.4, -0.2) is 43.0 Å². The van der Waals surface area contributed by atoms with E-state index in [0.29, 0.717) is 19.6 Å². The molecule has 4 N–H and O–H groups in total. The molecule has 0 rings (SSSR count). The Morgan fingerprint density at radius 3 is 2.82 bits per heavy atom. The molecule has 0 spiro atoms. The Bertz CT molecular complexity index is 97.7. The lowest BCUT2D eigenvalue weighted by atomic mass is 10.5. The maximum Gasteiger partial charge on any atom is 0.0416 e. The number of hydroxylamine groups is 2. The molecule has 0 aromatic carbocycles. The molecule has 0 unspecified atom stereocenters. The van der Waals surface area contributed by atoms with Gasteiger partial charge in [-0.1, -0.05) is 6.08 Å². The highest BCUT2D eigenvalue weighted by molar-refractivity contribution is 4.68. The van der Waals surface area contributed by atoms with Gasteiger partial charge in [-0.05, 0) is 0 Å². The molecule has 0 aliphatic rings. The minimum Gasteiger partial charge on any atom is -0.329 e. The molecule has 0 aromatic heterocycles. The predicted molar refractivity (Wildman–Crippen MR) is 45.5 cm³/mol. The SMILES string of the molecule is C=CCN(O)CCNCCN. The average Bonchev–Trinajstić information content (AvgIpc) is 1.99. The summed E-state index contributed by atoms with van der Waals surface area (Å²) >= 11 is 0. The first-order chi connectivity index (χ1) is 5.31. The van der Waals surface area contributed by atoms with Gasteiger partial charge in [0.1, 0.15) is 0 Å². The van der Waals surface area contributed by atoms with Crippen LogP contribution >= 0.6 is 0 Å². The molecule has 0 radical (unpaired) electrons. The predicted octanol–water partition coefficient (Wildman–Crippen LogP) is -0.588. The van der Waals surface area contributed by atoms with Crippen molar-refractivity contribution >= 4 is 0 Å². The van der Waals surface area contributed by atoms with E-state index in [1.807, 2.05) is 0 Å². The van der Waals surface area contributed by atoms with Gasteiger partial charge < -0.3 is 16.3 Å². The van der Waals surface area contributed by atoms with Crippen molar-refractivity contribution in [2.45, 2.75) is 0 Å². The van der Waals surface area contributed by atoms with Crippen molar-refractivity contribution in [2.24, 2.45) is 5.73 Å². The lowest BCUT2D eigenvalue weighted by molar-refractivity contribution is -0.0784. The van der Waals surface area contributed by atoms with Crippen LogP contribution in [0, 0.1) is 0 Å². The molecule has 66 valence electrons. The second-order valence-corrected chi connectivity index (χ2v) is 2.24. The Morgan fingerprint density at radius 2 is 2.27 bits per heavy atom. The summed E-state index contributed by atoms with van der Waals surface area (Å²) in [5, 5.41) is 13.3. The highest BCUT2D eigenvalue weighted by Gasteiger charge is 1.94. The monoisotopic (exact) mass is 159 g/mol. The van der Waals surface area contributed by atoms with Gasteiger partial charge in [-0.15, -0.1) is 6.58 Å². The normalized spacial score (nSPS) is 10.5. The summed E-state index contributed by atoms with van der Waals surface area (Å²) < 4.78 is 0. The number of nitrogens with zero attached hydrogens (tertiary/aromatic N) is 1. The maximum absolute atomic E-state index is 9.04. The minimum absolute atomic E-state index is 0.504. The second-order valence-electron chi connectivity index (χ2n) is 2.24. The van der Waals surface area contributed by atoms with Gasteiger partial charge in [0.05, 0.1) is 0 Å². The van der Waals surface area contributed by atoms with Crippen LogP contribution in [-0.2, 0) is 0 Å². The Morgan fingerprint density at radius 1 is 1.55 bits per heavy atom. The summed E-state index contributed by atoms with van der Waals surface area (Å²) in [7, 11) is 0. The zero-order valence-corrected chi connectivity index (χ0v) is 6.79. The number of rotatable bonds is 7. The van der Waals surface area contributed by atoms with Crippen LogP contribution in [0.5, 0.6) is 0 Å². The van der Waals surface area contributed by atoms with E-state index in [0.717, 1.165) is 13.1 Å². The number of hydrogen-bond donors (Lipinski definition) is 3. The lowest BCUT2D eigenvalue weighted by Gasteiger charge is -2.11. The first-order valence-corrected chi connectivity index (χ1v) is 3.76. The van der Waals surface area contributed by atoms with E-state index in [1.54, 1.807) is 6.08 Å². The number of nitrogens with two attached hydrogens (primary N) is 1. The van der Waals surface area contributed by atoms with Gasteiger partial charge in [0.15, 0.2) is 0 Å². The summed E-state index contributed by atoms with van der Waals surface area (Å²) in [5.41, 5.74) is 5.25. The van der Waals surface area contributed by atoms with Gasteiger partial charge in [-0.2, -0.15) is 5.06 Å². The Balaban J connectivity index is 3.03. The number of nitrogens with one attached hydrogen (secondary N) is 1. The summed E-state index contributed by atoms with van der Waals surface area (Å²) in [6.45, 7) is 6.79. The van der Waals surface area contributed by atoms with Gasteiger partial charge in [-0.25, -0.2) is 0 Å². The van der Waals surface area contributed by atoms with Crippen LogP contribution in [0.3, 0.4) is 0 Å². The van der Waals surface area contributed by atoms with Gasteiger partial charge in [0, 0.05) is 32.7 Å². The zero-order chi connectivity index (χ0) is 8.53. The van der Waals surface area contributed by atoms with Crippen molar-refractivity contribution in [2.75, 3.05) is 32.7 Å². The van der Waals surface area contributed by atoms with E-state index in [9.17, 15) is 0 Å². The van der Waals surface area contributed by atoms with E-state index in [1.165, 1.54) is 5.06 Å². The van der Waals surface area contributed by atoms with Crippen molar-refractivity contribution < 1.29 is 5.21 Å². The molecule has 0 bridgehead atoms. The second kappa shape index (κ2) is 7.68. The third kappa shape index (κ3) is 7.48. The van der Waals surface area contributed by atoms with E-state index >= 15 is 0 Å². The highest BCUT2D eigenvalue weighted by atomic mass is 16.5. The summed E-state index contributed by atoms with van der Waals surface area (Å²) in [6.07, 6.45) is 1.66. The van der Waals surface area contributed by atoms with Crippen molar-refractivity contribution in [1.82, 2.24) is 10.4 Å². The molecule has 0 aromatic rings. The third-order valence-electron chi connectivity index (χ3n) is 1.21. The molecule has 0 saturated heterocycles. The fraction of sp³-hybridized carbons (Fsp3) is 0.714. The van der Waals surface area contributed by atoms with E-state index in [4.69, 9.17) is 10.9 Å². The molecule has 0 amide bonds. The molecule has 0 aliphatic carbocycles. The Kier molecular flexibility index (Phi) is 7.39. The van der Waals surface area contributed by atoms with Crippen molar-refractivity contribution in [3.05, 3.63) is 12.7 Å². The fourth-order valence-electron chi connectivity index (χ4n) is 0.675. The van der Waals surface area contributed by atoms with Crippen LogP contribution in [0.1, 0.15) is 0 Å². The molecule has 4 nitrogen and oxygen atoms in total. The molecule has 4 heteroatoms. The average molecular weight is 159 g/mol. The lowest BCUT2D eigenvalue weighted by Crippen LogP contribution is -2.32. The van der Waals surface area contributed by atoms with Gasteiger partial charge in [-0.3, -0.25) is 0 Å². The summed E-state index contributed by atoms with van der Waals surface area (Å²) in [4.78, 5) is 0. The van der Waals surface area contributed by atoms with E-state index in [-0.39, 0.29) is 0 Å². The van der Waals surface area contributed by atoms with Crippen molar-refractivity contribution in [3.8, 4) is 0 Å². The Labute approximate surface area is 67.6 Å². The van der Waals surface area contributed by atoms with Crippen molar-refractivity contribution in [3.63, 3.8) is 0 Å². The smallest absolute Gasteiger partial charge is 0.0416 e. The summed E-state index contributed by atoms with van der Waals surface area (Å²) in [6, 6.07) is 0. The van der Waals surface area contributed by atoms with Gasteiger partial charge in [0.25, 0.3) is 0 Å². The standard InChI is InChI=1S/C7H17N3O/c1-2-6-10(11)7-5-9-4-3-8/h2,9,11H,1,3-8H2. The van der Waals surface area contributed by atoms with Gasteiger partial charge in [0.2, 0.25) is 0 Å². The van der Waals surface area contributed by atoms with Crippen molar-refractivity contribution in [1.29, 1.82) is 0 Å². The fourth-order valence-corrected chi connectivity index (χ4v) is 0.675. The first kappa shape index (κ1) is 10.6. The molecular weight excluding hydrogens is 142 g/mol. The Hall–Kier alpha value is -0.420. The van der Waals surface area contributed by atoms with Crippen LogP contribution in [0.2, 0.25) is 0 Å². The van der Waals surface area contributed by atoms with Crippen LogP contribution < -0.4 is 11.1 Å². The zero-order valence-electron chi connectivity index (χ0n) is 6.79. The van der Waals surface area contributed by atoms with Crippen LogP contribution in [0.15, 0.2) is 12.7 Å². The van der Waals surface area contributed by atoms with E-state index < -0.39 is 0 Å². The minimum atomic E-state index is 0.504. The molecule has 0 fully saturated rings. The maximum atomic E-state index is 9.04. The van der Waals surface area contributed by atoms with Crippen LogP contribution in [0.25, 0.3) is 0 Å². The first-order valence-electron chi connectivity index (χ1n) is 3.76. The largest absolute Gasteiger partial charge is 0.329 e. The van der Waals surface area contributed by atoms with Crippen LogP contribution in [0.4, 0.5) is 0 Å².